The SMILES string of the molecule is CC1(C)COc2c(NCCCn3ccnc3)c(F)c(N)c3c(=O)c(C(=O)O)cn1c23. The maximum atomic E-state index is 15.2. The minimum atomic E-state index is -1.39. The number of benzene rings is 1. The molecule has 1 aromatic carbocycles. The number of pyridine rings is 1. The molecule has 3 heterocycles. The van der Waals surface area contributed by atoms with Gasteiger partial charge in [-0.2, -0.15) is 0 Å². The Morgan fingerprint density at radius 1 is 1.47 bits per heavy atom. The second-order valence-electron chi connectivity index (χ2n) is 7.88. The van der Waals surface area contributed by atoms with Crippen molar-refractivity contribution in [2.75, 3.05) is 24.2 Å². The number of anilines is 2. The zero-order chi connectivity index (χ0) is 21.6. The molecule has 0 saturated heterocycles. The summed E-state index contributed by atoms with van der Waals surface area (Å²) < 4.78 is 24.6. The third-order valence-corrected chi connectivity index (χ3v) is 5.28. The third kappa shape index (κ3) is 3.04. The number of carboxylic acid groups (broad SMARTS) is 1. The Balaban J connectivity index is 1.83. The molecule has 0 unspecified atom stereocenters. The van der Waals surface area contributed by atoms with Crippen molar-refractivity contribution in [2.45, 2.75) is 32.4 Å². The van der Waals surface area contributed by atoms with E-state index in [0.29, 0.717) is 19.5 Å². The molecule has 0 radical (unpaired) electrons. The molecule has 0 spiro atoms. The largest absolute Gasteiger partial charge is 0.487 e. The lowest BCUT2D eigenvalue weighted by Crippen LogP contribution is -2.39. The molecule has 9 nitrogen and oxygen atoms in total. The van der Waals surface area contributed by atoms with Crippen molar-refractivity contribution in [3.05, 3.63) is 46.5 Å². The van der Waals surface area contributed by atoms with Crippen molar-refractivity contribution in [3.63, 3.8) is 0 Å². The van der Waals surface area contributed by atoms with Gasteiger partial charge < -0.3 is 30.0 Å². The van der Waals surface area contributed by atoms with E-state index in [4.69, 9.17) is 10.5 Å². The predicted octanol–water partition coefficient (Wildman–Crippen LogP) is 2.25. The second-order valence-corrected chi connectivity index (χ2v) is 7.88. The van der Waals surface area contributed by atoms with Crippen LogP contribution in [-0.2, 0) is 12.1 Å². The summed E-state index contributed by atoms with van der Waals surface area (Å²) in [6, 6.07) is 0. The Labute approximate surface area is 170 Å². The molecule has 0 aliphatic carbocycles. The molecule has 30 heavy (non-hydrogen) atoms. The highest BCUT2D eigenvalue weighted by Gasteiger charge is 2.35. The molecule has 1 aliphatic heterocycles. The van der Waals surface area contributed by atoms with Crippen LogP contribution in [0.4, 0.5) is 15.8 Å². The summed E-state index contributed by atoms with van der Waals surface area (Å²) in [5, 5.41) is 12.3. The highest BCUT2D eigenvalue weighted by molar-refractivity contribution is 6.03. The van der Waals surface area contributed by atoms with E-state index in [1.54, 1.807) is 17.1 Å². The summed E-state index contributed by atoms with van der Waals surface area (Å²) in [7, 11) is 0. The van der Waals surface area contributed by atoms with Crippen LogP contribution in [0.1, 0.15) is 30.6 Å². The fourth-order valence-corrected chi connectivity index (χ4v) is 3.69. The molecule has 0 saturated carbocycles. The maximum Gasteiger partial charge on any atom is 0.341 e. The monoisotopic (exact) mass is 415 g/mol. The minimum Gasteiger partial charge on any atom is -0.487 e. The summed E-state index contributed by atoms with van der Waals surface area (Å²) in [6.45, 7) is 4.96. The van der Waals surface area contributed by atoms with E-state index in [1.807, 2.05) is 24.6 Å². The fourth-order valence-electron chi connectivity index (χ4n) is 3.69. The number of halogens is 1. The van der Waals surface area contributed by atoms with Gasteiger partial charge in [-0.15, -0.1) is 0 Å². The number of carbonyl (C=O) groups is 1. The van der Waals surface area contributed by atoms with Crippen molar-refractivity contribution in [3.8, 4) is 5.75 Å². The summed E-state index contributed by atoms with van der Waals surface area (Å²) in [6.07, 6.45) is 7.18. The van der Waals surface area contributed by atoms with Gasteiger partial charge in [-0.3, -0.25) is 4.79 Å². The number of nitrogens with one attached hydrogen (secondary N) is 1. The van der Waals surface area contributed by atoms with Crippen molar-refractivity contribution in [1.82, 2.24) is 14.1 Å². The predicted molar refractivity (Wildman–Crippen MR) is 110 cm³/mol. The maximum absolute atomic E-state index is 15.2. The molecule has 0 bridgehead atoms. The smallest absolute Gasteiger partial charge is 0.341 e. The van der Waals surface area contributed by atoms with Crippen LogP contribution in [0.5, 0.6) is 5.75 Å². The van der Waals surface area contributed by atoms with Crippen molar-refractivity contribution < 1.29 is 19.0 Å². The van der Waals surface area contributed by atoms with Crippen LogP contribution in [0, 0.1) is 5.82 Å². The highest BCUT2D eigenvalue weighted by Crippen LogP contribution is 2.44. The summed E-state index contributed by atoms with van der Waals surface area (Å²) in [5.41, 5.74) is 3.99. The summed E-state index contributed by atoms with van der Waals surface area (Å²) in [4.78, 5) is 28.3. The first kappa shape index (κ1) is 19.7. The number of imidazole rings is 1. The quantitative estimate of drug-likeness (QED) is 0.417. The Bertz CT molecular complexity index is 1200. The number of ether oxygens (including phenoxy) is 1. The van der Waals surface area contributed by atoms with Crippen LogP contribution in [0.2, 0.25) is 0 Å². The first-order valence-corrected chi connectivity index (χ1v) is 9.49. The van der Waals surface area contributed by atoms with Crippen molar-refractivity contribution in [2.24, 2.45) is 0 Å². The van der Waals surface area contributed by atoms with Crippen LogP contribution in [0.15, 0.2) is 29.7 Å². The van der Waals surface area contributed by atoms with Crippen LogP contribution in [0.25, 0.3) is 10.9 Å². The number of aromatic nitrogens is 3. The van der Waals surface area contributed by atoms with E-state index >= 15 is 4.39 Å². The molecule has 3 aromatic rings. The van der Waals surface area contributed by atoms with Crippen LogP contribution in [0.3, 0.4) is 0 Å². The molecule has 10 heteroatoms. The second kappa shape index (κ2) is 7.05. The Hall–Kier alpha value is -3.56. The van der Waals surface area contributed by atoms with E-state index < -0.39 is 34.0 Å². The third-order valence-electron chi connectivity index (χ3n) is 5.28. The van der Waals surface area contributed by atoms with Crippen molar-refractivity contribution >= 4 is 28.2 Å². The highest BCUT2D eigenvalue weighted by atomic mass is 19.1. The van der Waals surface area contributed by atoms with Gasteiger partial charge >= 0.3 is 5.97 Å². The Kier molecular flexibility index (Phi) is 4.64. The number of rotatable bonds is 6. The molecule has 4 rings (SSSR count). The van der Waals surface area contributed by atoms with Crippen molar-refractivity contribution in [1.29, 1.82) is 0 Å². The topological polar surface area (TPSA) is 124 Å². The molecule has 0 fully saturated rings. The van der Waals surface area contributed by atoms with Crippen LogP contribution >= 0.6 is 0 Å². The molecular formula is C20H22FN5O4. The first-order chi connectivity index (χ1) is 14.2. The molecule has 0 amide bonds. The van der Waals surface area contributed by atoms with Gasteiger partial charge in [0.25, 0.3) is 0 Å². The molecular weight excluding hydrogens is 393 g/mol. The van der Waals surface area contributed by atoms with E-state index in [1.165, 1.54) is 6.20 Å². The zero-order valence-electron chi connectivity index (χ0n) is 16.6. The summed E-state index contributed by atoms with van der Waals surface area (Å²) >= 11 is 0. The number of hydrogen-bond acceptors (Lipinski definition) is 6. The van der Waals surface area contributed by atoms with E-state index in [9.17, 15) is 14.7 Å². The number of hydrogen-bond donors (Lipinski definition) is 3. The number of aromatic carboxylic acids is 1. The Morgan fingerprint density at radius 3 is 2.90 bits per heavy atom. The standard InChI is InChI=1S/C20H22FN5O4/c1-20(2)9-30-18-15(24-4-3-6-25-7-5-23-10-25)13(21)14(22)12-16(18)26(20)8-11(17(12)27)19(28)29/h5,7-8,10,24H,3-4,6,9,22H2,1-2H3,(H,28,29). The number of nitrogens with zero attached hydrogens (tertiary/aromatic N) is 3. The molecule has 0 atom stereocenters. The van der Waals surface area contributed by atoms with Crippen LogP contribution < -0.4 is 21.2 Å². The van der Waals surface area contributed by atoms with Gasteiger partial charge in [0, 0.05) is 31.7 Å². The van der Waals surface area contributed by atoms with Gasteiger partial charge in [-0.1, -0.05) is 0 Å². The van der Waals surface area contributed by atoms with Gasteiger partial charge in [0.05, 0.1) is 28.5 Å². The molecule has 2 aromatic heterocycles. The number of nitrogen functional groups attached to an aromatic ring is 1. The van der Waals surface area contributed by atoms with Crippen LogP contribution in [-0.4, -0.2) is 38.3 Å². The molecule has 158 valence electrons. The van der Waals surface area contributed by atoms with Gasteiger partial charge in [-0.05, 0) is 20.3 Å². The number of carboxylic acids is 1. The molecule has 4 N–H and O–H groups in total. The van der Waals surface area contributed by atoms with Gasteiger partial charge in [-0.25, -0.2) is 14.2 Å². The number of aryl methyl sites for hydroxylation is 1. The lowest BCUT2D eigenvalue weighted by molar-refractivity contribution is 0.0693. The number of nitrogens with two attached hydrogens (primary N) is 1. The van der Waals surface area contributed by atoms with E-state index in [-0.39, 0.29) is 28.9 Å². The van der Waals surface area contributed by atoms with E-state index in [0.717, 1.165) is 0 Å². The van der Waals surface area contributed by atoms with Gasteiger partial charge in [0.2, 0.25) is 5.43 Å². The first-order valence-electron chi connectivity index (χ1n) is 9.49. The summed E-state index contributed by atoms with van der Waals surface area (Å²) in [5.74, 6) is -2.06. The molecule has 1 aliphatic rings. The average molecular weight is 415 g/mol. The lowest BCUT2D eigenvalue weighted by atomic mass is 9.98. The average Bonchev–Trinajstić information content (AvgIpc) is 3.20. The van der Waals surface area contributed by atoms with Gasteiger partial charge in [0.1, 0.15) is 17.9 Å². The Morgan fingerprint density at radius 2 is 2.23 bits per heavy atom. The normalized spacial score (nSPS) is 14.5. The van der Waals surface area contributed by atoms with E-state index in [2.05, 4.69) is 10.3 Å². The van der Waals surface area contributed by atoms with Gasteiger partial charge in [0.15, 0.2) is 11.6 Å². The fraction of sp³-hybridized carbons (Fsp3) is 0.350. The lowest BCUT2D eigenvalue weighted by Gasteiger charge is -2.36. The minimum absolute atomic E-state index is 0.0670. The zero-order valence-corrected chi connectivity index (χ0v) is 16.6.